The third-order valence-electron chi connectivity index (χ3n) is 4.63. The Bertz CT molecular complexity index is 1300. The van der Waals surface area contributed by atoms with Crippen LogP contribution in [0.4, 0.5) is 11.5 Å². The molecule has 0 bridgehead atoms. The van der Waals surface area contributed by atoms with E-state index in [1.165, 1.54) is 36.9 Å². The molecule has 9 heteroatoms. The molecular weight excluding hydrogens is 410 g/mol. The average molecular weight is 427 g/mol. The summed E-state index contributed by atoms with van der Waals surface area (Å²) < 4.78 is 1.54. The van der Waals surface area contributed by atoms with Crippen LogP contribution in [0.3, 0.4) is 0 Å². The SMILES string of the molecule is O=C(N/C=N/c1cc([N+](=O)[O-])c(-c2ccncc2)n1-c1cccc(O)c1)c1ccccc1. The zero-order chi connectivity index (χ0) is 22.5. The number of nitro groups is 1. The summed E-state index contributed by atoms with van der Waals surface area (Å²) in [6.45, 7) is 0. The van der Waals surface area contributed by atoms with Gasteiger partial charge in [-0.2, -0.15) is 0 Å². The van der Waals surface area contributed by atoms with Gasteiger partial charge in [0.2, 0.25) is 0 Å². The van der Waals surface area contributed by atoms with Crippen molar-refractivity contribution in [1.29, 1.82) is 0 Å². The predicted octanol–water partition coefficient (Wildman–Crippen LogP) is 4.24. The van der Waals surface area contributed by atoms with Crippen LogP contribution in [0.25, 0.3) is 16.9 Å². The molecule has 2 aromatic carbocycles. The molecule has 2 N–H and O–H groups in total. The Balaban J connectivity index is 1.81. The van der Waals surface area contributed by atoms with Gasteiger partial charge >= 0.3 is 0 Å². The summed E-state index contributed by atoms with van der Waals surface area (Å²) in [7, 11) is 0. The summed E-state index contributed by atoms with van der Waals surface area (Å²) in [6, 6.07) is 19.5. The van der Waals surface area contributed by atoms with Crippen LogP contribution in [0.2, 0.25) is 0 Å². The highest BCUT2D eigenvalue weighted by Crippen LogP contribution is 2.39. The number of phenols is 1. The van der Waals surface area contributed by atoms with Gasteiger partial charge in [-0.3, -0.25) is 24.5 Å². The van der Waals surface area contributed by atoms with E-state index in [1.807, 2.05) is 0 Å². The number of nitrogens with one attached hydrogen (secondary N) is 1. The number of amides is 1. The molecule has 1 amide bonds. The lowest BCUT2D eigenvalue weighted by atomic mass is 10.1. The summed E-state index contributed by atoms with van der Waals surface area (Å²) in [5, 5.41) is 24.4. The molecule has 0 fully saturated rings. The maximum atomic E-state index is 12.3. The zero-order valence-corrected chi connectivity index (χ0v) is 16.6. The Morgan fingerprint density at radius 3 is 2.50 bits per heavy atom. The van der Waals surface area contributed by atoms with Crippen LogP contribution in [0, 0.1) is 10.1 Å². The monoisotopic (exact) mass is 427 g/mol. The van der Waals surface area contributed by atoms with E-state index in [0.717, 1.165) is 0 Å². The molecule has 2 heterocycles. The molecule has 0 saturated heterocycles. The van der Waals surface area contributed by atoms with E-state index in [0.29, 0.717) is 16.8 Å². The number of benzene rings is 2. The number of hydrogen-bond donors (Lipinski definition) is 2. The molecule has 4 aromatic rings. The first kappa shape index (κ1) is 20.5. The Kier molecular flexibility index (Phi) is 5.71. The summed E-state index contributed by atoms with van der Waals surface area (Å²) in [6.07, 6.45) is 4.24. The highest BCUT2D eigenvalue weighted by atomic mass is 16.6. The normalized spacial score (nSPS) is 10.9. The Hall–Kier alpha value is -4.79. The number of hydrogen-bond acceptors (Lipinski definition) is 6. The lowest BCUT2D eigenvalue weighted by molar-refractivity contribution is -0.384. The zero-order valence-electron chi connectivity index (χ0n) is 16.6. The summed E-state index contributed by atoms with van der Waals surface area (Å²) >= 11 is 0. The number of carbonyl (C=O) groups is 1. The van der Waals surface area contributed by atoms with Gasteiger partial charge in [0.1, 0.15) is 17.3 Å². The highest BCUT2D eigenvalue weighted by molar-refractivity contribution is 6.00. The van der Waals surface area contributed by atoms with Crippen LogP contribution < -0.4 is 5.32 Å². The standard InChI is InChI=1S/C23H17N5O4/c29-19-8-4-7-18(13-19)27-21(25-15-26-23(30)17-5-2-1-3-6-17)14-20(28(31)32)22(27)16-9-11-24-12-10-16/h1-15,29H,(H,25,26,30). The number of pyridine rings is 1. The Morgan fingerprint density at radius 2 is 1.81 bits per heavy atom. The minimum absolute atomic E-state index is 0.00755. The van der Waals surface area contributed by atoms with Crippen molar-refractivity contribution >= 4 is 23.8 Å². The van der Waals surface area contributed by atoms with Gasteiger partial charge in [-0.05, 0) is 36.4 Å². The summed E-state index contributed by atoms with van der Waals surface area (Å²) in [5.74, 6) is -0.178. The molecule has 0 radical (unpaired) electrons. The fourth-order valence-corrected chi connectivity index (χ4v) is 3.23. The number of aromatic nitrogens is 2. The molecule has 0 aliphatic rings. The van der Waals surface area contributed by atoms with Gasteiger partial charge in [0.15, 0.2) is 0 Å². The van der Waals surface area contributed by atoms with Crippen molar-refractivity contribution in [2.24, 2.45) is 4.99 Å². The molecule has 0 atom stereocenters. The number of phenolic OH excluding ortho intramolecular Hbond substituents is 1. The molecule has 0 aliphatic heterocycles. The van der Waals surface area contributed by atoms with Crippen LogP contribution >= 0.6 is 0 Å². The highest BCUT2D eigenvalue weighted by Gasteiger charge is 2.26. The van der Waals surface area contributed by atoms with E-state index >= 15 is 0 Å². The Morgan fingerprint density at radius 1 is 1.06 bits per heavy atom. The third kappa shape index (κ3) is 4.21. The maximum absolute atomic E-state index is 12.3. The van der Waals surface area contributed by atoms with E-state index in [-0.39, 0.29) is 28.9 Å². The van der Waals surface area contributed by atoms with Crippen molar-refractivity contribution in [2.45, 2.75) is 0 Å². The third-order valence-corrected chi connectivity index (χ3v) is 4.63. The molecular formula is C23H17N5O4. The molecule has 4 rings (SSSR count). The number of nitrogens with zero attached hydrogens (tertiary/aromatic N) is 4. The smallest absolute Gasteiger partial charge is 0.297 e. The first-order valence-electron chi connectivity index (χ1n) is 9.53. The van der Waals surface area contributed by atoms with E-state index in [2.05, 4.69) is 15.3 Å². The molecule has 2 aromatic heterocycles. The number of aliphatic imine (C=N–C) groups is 1. The van der Waals surface area contributed by atoms with E-state index < -0.39 is 4.92 Å². The molecule has 0 unspecified atom stereocenters. The predicted molar refractivity (Wildman–Crippen MR) is 119 cm³/mol. The molecule has 9 nitrogen and oxygen atoms in total. The van der Waals surface area contributed by atoms with Crippen LogP contribution in [-0.4, -0.2) is 31.8 Å². The van der Waals surface area contributed by atoms with Gasteiger partial charge in [-0.1, -0.05) is 24.3 Å². The fourth-order valence-electron chi connectivity index (χ4n) is 3.23. The second-order valence-electron chi connectivity index (χ2n) is 6.68. The number of carbonyl (C=O) groups excluding carboxylic acids is 1. The van der Waals surface area contributed by atoms with Crippen molar-refractivity contribution in [1.82, 2.24) is 14.9 Å². The molecule has 0 saturated carbocycles. The molecule has 0 aliphatic carbocycles. The van der Waals surface area contributed by atoms with E-state index in [4.69, 9.17) is 0 Å². The van der Waals surface area contributed by atoms with Crippen LogP contribution in [0.1, 0.15) is 10.4 Å². The number of aromatic hydroxyl groups is 1. The number of rotatable bonds is 6. The van der Waals surface area contributed by atoms with Gasteiger partial charge < -0.3 is 10.4 Å². The van der Waals surface area contributed by atoms with Gasteiger partial charge in [0, 0.05) is 29.6 Å². The van der Waals surface area contributed by atoms with Gasteiger partial charge in [0.05, 0.1) is 23.0 Å². The first-order valence-corrected chi connectivity index (χ1v) is 9.53. The second-order valence-corrected chi connectivity index (χ2v) is 6.68. The lowest BCUT2D eigenvalue weighted by Gasteiger charge is -2.11. The van der Waals surface area contributed by atoms with Crippen molar-refractivity contribution in [3.63, 3.8) is 0 Å². The fraction of sp³-hybridized carbons (Fsp3) is 0. The topological polar surface area (TPSA) is 123 Å². The van der Waals surface area contributed by atoms with Crippen molar-refractivity contribution in [3.8, 4) is 22.7 Å². The van der Waals surface area contributed by atoms with E-state index in [9.17, 15) is 20.0 Å². The average Bonchev–Trinajstić information content (AvgIpc) is 3.20. The maximum Gasteiger partial charge on any atom is 0.297 e. The van der Waals surface area contributed by atoms with Crippen LogP contribution in [-0.2, 0) is 0 Å². The van der Waals surface area contributed by atoms with Gasteiger partial charge in [-0.25, -0.2) is 4.99 Å². The molecule has 158 valence electrons. The van der Waals surface area contributed by atoms with Gasteiger partial charge in [0.25, 0.3) is 11.6 Å². The largest absolute Gasteiger partial charge is 0.508 e. The van der Waals surface area contributed by atoms with Crippen molar-refractivity contribution in [2.75, 3.05) is 0 Å². The van der Waals surface area contributed by atoms with Crippen LogP contribution in [0.5, 0.6) is 5.75 Å². The van der Waals surface area contributed by atoms with Crippen LogP contribution in [0.15, 0.2) is 90.2 Å². The minimum Gasteiger partial charge on any atom is -0.508 e. The first-order chi connectivity index (χ1) is 15.5. The second kappa shape index (κ2) is 8.92. The summed E-state index contributed by atoms with van der Waals surface area (Å²) in [4.78, 5) is 31.8. The van der Waals surface area contributed by atoms with Crippen molar-refractivity contribution in [3.05, 3.63) is 101 Å². The van der Waals surface area contributed by atoms with Gasteiger partial charge in [-0.15, -0.1) is 0 Å². The van der Waals surface area contributed by atoms with E-state index in [1.54, 1.807) is 59.2 Å². The van der Waals surface area contributed by atoms with Crippen molar-refractivity contribution < 1.29 is 14.8 Å². The minimum atomic E-state index is -0.503. The molecule has 32 heavy (non-hydrogen) atoms. The quantitative estimate of drug-likeness (QED) is 0.206. The lowest BCUT2D eigenvalue weighted by Crippen LogP contribution is -2.21. The Labute approximate surface area is 182 Å². The molecule has 0 spiro atoms. The summed E-state index contributed by atoms with van der Waals surface area (Å²) in [5.41, 5.74) is 1.55.